The molecule has 0 radical (unpaired) electrons. The first-order chi connectivity index (χ1) is 6.97. The number of nitrogens with zero attached hydrogens (tertiary/aromatic N) is 2. The topological polar surface area (TPSA) is 72.2 Å². The number of Topliss-reactive ketones (excluding diaryl/α,β-unsaturated/α-hetero) is 1. The number of carbonyl (C=O) groups is 2. The summed E-state index contributed by atoms with van der Waals surface area (Å²) in [6, 6.07) is 0. The molecule has 1 aromatic heterocycles. The Bertz CT molecular complexity index is 425. The van der Waals surface area contributed by atoms with Crippen molar-refractivity contribution in [2.75, 3.05) is 0 Å². The van der Waals surface area contributed by atoms with E-state index in [9.17, 15) is 14.7 Å². The molecule has 0 bridgehead atoms. The third kappa shape index (κ3) is 1.26. The number of hydrogen-bond donors (Lipinski definition) is 1. The summed E-state index contributed by atoms with van der Waals surface area (Å²) in [5.41, 5.74) is -0.754. The van der Waals surface area contributed by atoms with E-state index in [1.54, 1.807) is 11.6 Å². The number of carboxylic acids is 1. The number of imidazole rings is 1. The van der Waals surface area contributed by atoms with Crippen molar-refractivity contribution in [2.24, 2.45) is 7.05 Å². The molecular formula is C9H9ClN2O3. The van der Waals surface area contributed by atoms with E-state index >= 15 is 0 Å². The summed E-state index contributed by atoms with van der Waals surface area (Å²) in [6.45, 7) is 0. The summed E-state index contributed by atoms with van der Waals surface area (Å²) < 4.78 is 1.56. The maximum atomic E-state index is 11.2. The fraction of sp³-hybridized carbons (Fsp3) is 0.444. The minimum atomic E-state index is -1.17. The van der Waals surface area contributed by atoms with Crippen molar-refractivity contribution in [2.45, 2.75) is 18.3 Å². The number of ketones is 1. The molecule has 1 N–H and O–H groups in total. The van der Waals surface area contributed by atoms with Crippen molar-refractivity contribution in [3.05, 3.63) is 17.2 Å². The summed E-state index contributed by atoms with van der Waals surface area (Å²) in [4.78, 5) is 26.0. The highest BCUT2D eigenvalue weighted by Crippen LogP contribution is 2.43. The summed E-state index contributed by atoms with van der Waals surface area (Å²) >= 11 is 5.83. The Labute approximate surface area is 90.7 Å². The SMILES string of the molecule is Cn1cnc(Cl)c1C1(C(=O)O)CC(=O)C1. The minimum Gasteiger partial charge on any atom is -0.481 e. The van der Waals surface area contributed by atoms with Gasteiger partial charge in [-0.25, -0.2) is 4.98 Å². The molecule has 0 amide bonds. The van der Waals surface area contributed by atoms with Crippen LogP contribution in [0.2, 0.25) is 5.15 Å². The first-order valence-electron chi connectivity index (χ1n) is 4.40. The van der Waals surface area contributed by atoms with Crippen molar-refractivity contribution in [3.63, 3.8) is 0 Å². The van der Waals surface area contributed by atoms with Gasteiger partial charge >= 0.3 is 5.97 Å². The number of aliphatic carboxylic acids is 1. The summed E-state index contributed by atoms with van der Waals surface area (Å²) in [5.74, 6) is -1.08. The Kier molecular flexibility index (Phi) is 2.08. The number of aryl methyl sites for hydroxylation is 1. The predicted octanol–water partition coefficient (Wildman–Crippen LogP) is 0.759. The quantitative estimate of drug-likeness (QED) is 0.811. The van der Waals surface area contributed by atoms with Crippen LogP contribution in [-0.2, 0) is 22.1 Å². The molecule has 1 heterocycles. The van der Waals surface area contributed by atoms with Crippen LogP contribution in [-0.4, -0.2) is 26.4 Å². The largest absolute Gasteiger partial charge is 0.481 e. The van der Waals surface area contributed by atoms with Crippen molar-refractivity contribution in [3.8, 4) is 0 Å². The normalized spacial score (nSPS) is 18.7. The number of rotatable bonds is 2. The van der Waals surface area contributed by atoms with Gasteiger partial charge in [0, 0.05) is 19.9 Å². The average molecular weight is 229 g/mol. The second-order valence-corrected chi connectivity index (χ2v) is 4.13. The molecule has 0 unspecified atom stereocenters. The maximum absolute atomic E-state index is 11.2. The van der Waals surface area contributed by atoms with Crippen LogP contribution < -0.4 is 0 Å². The molecule has 0 saturated heterocycles. The third-order valence-corrected chi connectivity index (χ3v) is 3.03. The Hall–Kier alpha value is -1.36. The molecule has 0 aliphatic heterocycles. The zero-order valence-corrected chi connectivity index (χ0v) is 8.78. The van der Waals surface area contributed by atoms with Gasteiger partial charge in [0.25, 0.3) is 0 Å². The zero-order chi connectivity index (χ0) is 11.2. The summed E-state index contributed by atoms with van der Waals surface area (Å²) in [5, 5.41) is 9.33. The molecule has 1 aliphatic rings. The molecule has 80 valence electrons. The van der Waals surface area contributed by atoms with Gasteiger partial charge in [-0.1, -0.05) is 11.6 Å². The predicted molar refractivity (Wildman–Crippen MR) is 51.8 cm³/mol. The highest BCUT2D eigenvalue weighted by Gasteiger charge is 2.54. The minimum absolute atomic E-state index is 0.00157. The van der Waals surface area contributed by atoms with Gasteiger partial charge in [-0.2, -0.15) is 0 Å². The Morgan fingerprint density at radius 3 is 2.60 bits per heavy atom. The smallest absolute Gasteiger partial charge is 0.316 e. The second kappa shape index (κ2) is 3.06. The molecule has 5 nitrogen and oxygen atoms in total. The molecule has 6 heteroatoms. The Balaban J connectivity index is 2.52. The fourth-order valence-electron chi connectivity index (χ4n) is 1.98. The van der Waals surface area contributed by atoms with Gasteiger partial charge < -0.3 is 9.67 Å². The van der Waals surface area contributed by atoms with E-state index in [-0.39, 0.29) is 23.8 Å². The molecule has 1 aromatic rings. The van der Waals surface area contributed by atoms with E-state index in [4.69, 9.17) is 11.6 Å². The van der Waals surface area contributed by atoms with Crippen molar-refractivity contribution in [1.82, 2.24) is 9.55 Å². The molecule has 1 saturated carbocycles. The number of carbonyl (C=O) groups excluding carboxylic acids is 1. The van der Waals surface area contributed by atoms with Crippen LogP contribution in [0.15, 0.2) is 6.33 Å². The van der Waals surface area contributed by atoms with Crippen molar-refractivity contribution in [1.29, 1.82) is 0 Å². The molecule has 0 aromatic carbocycles. The van der Waals surface area contributed by atoms with E-state index in [1.165, 1.54) is 6.33 Å². The Morgan fingerprint density at radius 1 is 1.67 bits per heavy atom. The van der Waals surface area contributed by atoms with E-state index in [2.05, 4.69) is 4.98 Å². The molecular weight excluding hydrogens is 220 g/mol. The van der Waals surface area contributed by atoms with Crippen LogP contribution >= 0.6 is 11.6 Å². The van der Waals surface area contributed by atoms with Gasteiger partial charge in [0.2, 0.25) is 0 Å². The maximum Gasteiger partial charge on any atom is 0.316 e. The summed E-state index contributed by atoms with van der Waals surface area (Å²) in [7, 11) is 1.67. The van der Waals surface area contributed by atoms with E-state index < -0.39 is 11.4 Å². The second-order valence-electron chi connectivity index (χ2n) is 3.77. The van der Waals surface area contributed by atoms with Crippen molar-refractivity contribution >= 4 is 23.4 Å². The van der Waals surface area contributed by atoms with Crippen LogP contribution in [0.3, 0.4) is 0 Å². The number of aromatic nitrogens is 2. The van der Waals surface area contributed by atoms with Gasteiger partial charge in [-0.05, 0) is 0 Å². The van der Waals surface area contributed by atoms with E-state index in [0.717, 1.165) is 0 Å². The first-order valence-corrected chi connectivity index (χ1v) is 4.77. The molecule has 15 heavy (non-hydrogen) atoms. The molecule has 1 aliphatic carbocycles. The van der Waals surface area contributed by atoms with E-state index in [1.807, 2.05) is 0 Å². The standard InChI is InChI=1S/C9H9ClN2O3/c1-12-4-11-7(10)6(12)9(8(14)15)2-5(13)3-9/h4H,2-3H2,1H3,(H,14,15). The van der Waals surface area contributed by atoms with Crippen LogP contribution in [0, 0.1) is 0 Å². The van der Waals surface area contributed by atoms with Gasteiger partial charge in [-0.15, -0.1) is 0 Å². The van der Waals surface area contributed by atoms with Crippen molar-refractivity contribution < 1.29 is 14.7 Å². The van der Waals surface area contributed by atoms with Crippen LogP contribution in [0.25, 0.3) is 0 Å². The fourth-order valence-corrected chi connectivity index (χ4v) is 2.34. The lowest BCUT2D eigenvalue weighted by Gasteiger charge is -2.36. The summed E-state index contributed by atoms with van der Waals surface area (Å²) in [6.07, 6.45) is 1.45. The number of carboxylic acid groups (broad SMARTS) is 1. The van der Waals surface area contributed by atoms with Crippen LogP contribution in [0.4, 0.5) is 0 Å². The lowest BCUT2D eigenvalue weighted by Crippen LogP contribution is -2.49. The van der Waals surface area contributed by atoms with Crippen LogP contribution in [0.5, 0.6) is 0 Å². The monoisotopic (exact) mass is 228 g/mol. The highest BCUT2D eigenvalue weighted by molar-refractivity contribution is 6.30. The zero-order valence-electron chi connectivity index (χ0n) is 8.03. The van der Waals surface area contributed by atoms with Crippen LogP contribution in [0.1, 0.15) is 18.5 Å². The lowest BCUT2D eigenvalue weighted by atomic mass is 9.66. The molecule has 2 rings (SSSR count). The van der Waals surface area contributed by atoms with Gasteiger partial charge in [-0.3, -0.25) is 9.59 Å². The first kappa shape index (κ1) is 10.2. The molecule has 1 fully saturated rings. The average Bonchev–Trinajstić information content (AvgIpc) is 2.41. The molecule has 0 atom stereocenters. The Morgan fingerprint density at radius 2 is 2.27 bits per heavy atom. The van der Waals surface area contributed by atoms with E-state index in [0.29, 0.717) is 5.69 Å². The number of halogens is 1. The van der Waals surface area contributed by atoms with Gasteiger partial charge in [0.05, 0.1) is 12.0 Å². The number of hydrogen-bond acceptors (Lipinski definition) is 3. The highest BCUT2D eigenvalue weighted by atomic mass is 35.5. The lowest BCUT2D eigenvalue weighted by molar-refractivity contribution is -0.153. The molecule has 0 spiro atoms. The third-order valence-electron chi connectivity index (χ3n) is 2.75. The van der Waals surface area contributed by atoms with Gasteiger partial charge in [0.15, 0.2) is 5.15 Å². The van der Waals surface area contributed by atoms with Gasteiger partial charge in [0.1, 0.15) is 11.2 Å².